The maximum Gasteiger partial charge on any atom is 0.293 e. The minimum atomic E-state index is -0.413. The summed E-state index contributed by atoms with van der Waals surface area (Å²) < 4.78 is 0.667. The third-order valence-corrected chi connectivity index (χ3v) is 3.37. The van der Waals surface area contributed by atoms with E-state index in [-0.39, 0.29) is 5.69 Å². The van der Waals surface area contributed by atoms with E-state index < -0.39 is 4.92 Å². The van der Waals surface area contributed by atoms with Gasteiger partial charge in [-0.1, -0.05) is 15.9 Å². The van der Waals surface area contributed by atoms with Gasteiger partial charge in [0, 0.05) is 21.6 Å². The Kier molecular flexibility index (Phi) is 3.11. The molecule has 0 aliphatic rings. The van der Waals surface area contributed by atoms with E-state index in [0.29, 0.717) is 10.2 Å². The summed E-state index contributed by atoms with van der Waals surface area (Å²) in [6, 6.07) is 10.5. The highest BCUT2D eigenvalue weighted by molar-refractivity contribution is 9.10. The van der Waals surface area contributed by atoms with Crippen molar-refractivity contribution in [2.24, 2.45) is 0 Å². The number of halogens is 1. The van der Waals surface area contributed by atoms with Gasteiger partial charge in [-0.2, -0.15) is 5.10 Å². The molecule has 0 saturated carbocycles. The Morgan fingerprint density at radius 3 is 2.90 bits per heavy atom. The van der Waals surface area contributed by atoms with E-state index in [2.05, 4.69) is 31.4 Å². The van der Waals surface area contributed by atoms with Gasteiger partial charge in [-0.3, -0.25) is 15.2 Å². The number of H-pyrrole nitrogens is 1. The van der Waals surface area contributed by atoms with Gasteiger partial charge in [-0.05, 0) is 30.3 Å². The molecule has 0 fully saturated rings. The molecule has 0 bridgehead atoms. The maximum absolute atomic E-state index is 11.1. The van der Waals surface area contributed by atoms with Crippen LogP contribution in [0.3, 0.4) is 0 Å². The summed E-state index contributed by atoms with van der Waals surface area (Å²) in [6.07, 6.45) is 1.70. The molecule has 20 heavy (non-hydrogen) atoms. The van der Waals surface area contributed by atoms with Crippen LogP contribution in [0.1, 0.15) is 0 Å². The van der Waals surface area contributed by atoms with Gasteiger partial charge in [-0.15, -0.1) is 0 Å². The number of nitrogens with one attached hydrogen (secondary N) is 2. The van der Waals surface area contributed by atoms with Crippen LogP contribution < -0.4 is 5.32 Å². The maximum atomic E-state index is 11.1. The first-order chi connectivity index (χ1) is 9.63. The molecule has 0 saturated heterocycles. The van der Waals surface area contributed by atoms with Crippen LogP contribution in [-0.2, 0) is 0 Å². The monoisotopic (exact) mass is 332 g/mol. The normalized spacial score (nSPS) is 10.7. The summed E-state index contributed by atoms with van der Waals surface area (Å²) in [5.41, 5.74) is 2.15. The standard InChI is InChI=1S/C13H9BrN4O2/c14-9-1-3-12(13(6-9)18(19)20)16-10-2-4-11-8(5-10)7-15-17-11/h1-7,16H,(H,15,17). The van der Waals surface area contributed by atoms with Crippen LogP contribution in [0.4, 0.5) is 17.1 Å². The Labute approximate surface area is 122 Å². The predicted octanol–water partition coefficient (Wildman–Crippen LogP) is 3.98. The fourth-order valence-corrected chi connectivity index (χ4v) is 2.29. The van der Waals surface area contributed by atoms with Crippen molar-refractivity contribution in [3.63, 3.8) is 0 Å². The number of rotatable bonds is 3. The zero-order chi connectivity index (χ0) is 14.1. The molecule has 0 aliphatic carbocycles. The smallest absolute Gasteiger partial charge is 0.293 e. The fourth-order valence-electron chi connectivity index (χ4n) is 1.94. The van der Waals surface area contributed by atoms with Gasteiger partial charge in [-0.25, -0.2) is 0 Å². The lowest BCUT2D eigenvalue weighted by Crippen LogP contribution is -1.96. The largest absolute Gasteiger partial charge is 0.350 e. The summed E-state index contributed by atoms with van der Waals surface area (Å²) >= 11 is 3.23. The van der Waals surface area contributed by atoms with Gasteiger partial charge in [0.05, 0.1) is 16.6 Å². The molecule has 0 atom stereocenters. The van der Waals surface area contributed by atoms with Crippen molar-refractivity contribution in [1.29, 1.82) is 0 Å². The highest BCUT2D eigenvalue weighted by Crippen LogP contribution is 2.31. The zero-order valence-corrected chi connectivity index (χ0v) is 11.7. The molecule has 100 valence electrons. The molecule has 1 heterocycles. The number of nitro groups is 1. The zero-order valence-electron chi connectivity index (χ0n) is 10.1. The van der Waals surface area contributed by atoms with Crippen LogP contribution in [0.5, 0.6) is 0 Å². The van der Waals surface area contributed by atoms with Gasteiger partial charge in [0.25, 0.3) is 5.69 Å². The van der Waals surface area contributed by atoms with E-state index in [1.165, 1.54) is 6.07 Å². The third-order valence-electron chi connectivity index (χ3n) is 2.88. The molecular formula is C13H9BrN4O2. The van der Waals surface area contributed by atoms with Crippen molar-refractivity contribution in [2.45, 2.75) is 0 Å². The van der Waals surface area contributed by atoms with Gasteiger partial charge in [0.15, 0.2) is 0 Å². The molecule has 0 aliphatic heterocycles. The molecule has 2 aromatic carbocycles. The average molecular weight is 333 g/mol. The van der Waals surface area contributed by atoms with Crippen LogP contribution >= 0.6 is 15.9 Å². The molecule has 0 radical (unpaired) electrons. The van der Waals surface area contributed by atoms with Crippen molar-refractivity contribution in [3.05, 3.63) is 57.2 Å². The van der Waals surface area contributed by atoms with Crippen molar-refractivity contribution in [2.75, 3.05) is 5.32 Å². The van der Waals surface area contributed by atoms with Gasteiger partial charge in [0.2, 0.25) is 0 Å². The Hall–Kier alpha value is -2.41. The second-order valence-corrected chi connectivity index (χ2v) is 5.13. The SMILES string of the molecule is O=[N+]([O-])c1cc(Br)ccc1Nc1ccc2[nH]ncc2c1. The van der Waals surface area contributed by atoms with Crippen molar-refractivity contribution < 1.29 is 4.92 Å². The molecule has 7 heteroatoms. The number of hydrogen-bond donors (Lipinski definition) is 2. The summed E-state index contributed by atoms with van der Waals surface area (Å²) in [7, 11) is 0. The molecule has 3 aromatic rings. The number of benzene rings is 2. The van der Waals surface area contributed by atoms with E-state index in [4.69, 9.17) is 0 Å². The highest BCUT2D eigenvalue weighted by atomic mass is 79.9. The molecule has 2 N–H and O–H groups in total. The van der Waals surface area contributed by atoms with Crippen molar-refractivity contribution in [3.8, 4) is 0 Å². The van der Waals surface area contributed by atoms with Gasteiger partial charge >= 0.3 is 0 Å². The number of aromatic nitrogens is 2. The van der Waals surface area contributed by atoms with Crippen LogP contribution in [0.15, 0.2) is 47.1 Å². The Balaban J connectivity index is 1.99. The predicted molar refractivity (Wildman–Crippen MR) is 80.2 cm³/mol. The molecule has 0 unspecified atom stereocenters. The Bertz CT molecular complexity index is 800. The number of nitrogens with zero attached hydrogens (tertiary/aromatic N) is 2. The third kappa shape index (κ3) is 2.35. The van der Waals surface area contributed by atoms with E-state index >= 15 is 0 Å². The lowest BCUT2D eigenvalue weighted by Gasteiger charge is -2.07. The Morgan fingerprint density at radius 1 is 1.25 bits per heavy atom. The molecule has 1 aromatic heterocycles. The number of nitro benzene ring substituents is 1. The summed E-state index contributed by atoms with van der Waals surface area (Å²) in [6.45, 7) is 0. The molecule has 6 nitrogen and oxygen atoms in total. The number of anilines is 2. The van der Waals surface area contributed by atoms with Gasteiger partial charge in [0.1, 0.15) is 5.69 Å². The lowest BCUT2D eigenvalue weighted by atomic mass is 10.2. The summed E-state index contributed by atoms with van der Waals surface area (Å²) in [4.78, 5) is 10.7. The fraction of sp³-hybridized carbons (Fsp3) is 0. The molecule has 0 amide bonds. The van der Waals surface area contributed by atoms with Crippen molar-refractivity contribution in [1.82, 2.24) is 10.2 Å². The van der Waals surface area contributed by atoms with Crippen LogP contribution in [0.2, 0.25) is 0 Å². The van der Waals surface area contributed by atoms with Gasteiger partial charge < -0.3 is 5.32 Å². The van der Waals surface area contributed by atoms with Crippen molar-refractivity contribution >= 4 is 43.9 Å². The second kappa shape index (κ2) is 4.93. The molecular weight excluding hydrogens is 324 g/mol. The first-order valence-electron chi connectivity index (χ1n) is 5.77. The molecule has 3 rings (SSSR count). The highest BCUT2D eigenvalue weighted by Gasteiger charge is 2.14. The van der Waals surface area contributed by atoms with E-state index in [0.717, 1.165) is 16.6 Å². The van der Waals surface area contributed by atoms with E-state index in [1.54, 1.807) is 18.3 Å². The molecule has 0 spiro atoms. The minimum absolute atomic E-state index is 0.0201. The second-order valence-electron chi connectivity index (χ2n) is 4.22. The first kappa shape index (κ1) is 12.6. The van der Waals surface area contributed by atoms with Crippen LogP contribution in [0, 0.1) is 10.1 Å². The minimum Gasteiger partial charge on any atom is -0.350 e. The van der Waals surface area contributed by atoms with Crippen LogP contribution in [0.25, 0.3) is 10.9 Å². The van der Waals surface area contributed by atoms with E-state index in [1.807, 2.05) is 18.2 Å². The number of fused-ring (bicyclic) bond motifs is 1. The summed E-state index contributed by atoms with van der Waals surface area (Å²) in [5, 5.41) is 21.9. The number of aromatic amines is 1. The average Bonchev–Trinajstić information content (AvgIpc) is 2.88. The quantitative estimate of drug-likeness (QED) is 0.561. The van der Waals surface area contributed by atoms with E-state index in [9.17, 15) is 10.1 Å². The lowest BCUT2D eigenvalue weighted by molar-refractivity contribution is -0.384. The topological polar surface area (TPSA) is 83.9 Å². The first-order valence-corrected chi connectivity index (χ1v) is 6.57. The Morgan fingerprint density at radius 2 is 2.10 bits per heavy atom. The van der Waals surface area contributed by atoms with Crippen LogP contribution in [-0.4, -0.2) is 15.1 Å². The summed E-state index contributed by atoms with van der Waals surface area (Å²) in [5.74, 6) is 0. The number of hydrogen-bond acceptors (Lipinski definition) is 4.